The van der Waals surface area contributed by atoms with E-state index in [0.717, 1.165) is 0 Å². The van der Waals surface area contributed by atoms with Crippen LogP contribution in [-0.4, -0.2) is 9.97 Å². The second-order valence-electron chi connectivity index (χ2n) is 2.99. The summed E-state index contributed by atoms with van der Waals surface area (Å²) in [5.41, 5.74) is 1.48. The van der Waals surface area contributed by atoms with Crippen LogP contribution in [0.4, 0.5) is 0 Å². The third-order valence-electron chi connectivity index (χ3n) is 2.02. The molecule has 0 aliphatic rings. The first-order valence-corrected chi connectivity index (χ1v) is 4.34. The molecule has 0 fully saturated rings. The quantitative estimate of drug-likeness (QED) is 0.749. The summed E-state index contributed by atoms with van der Waals surface area (Å²) in [7, 11) is 0. The van der Waals surface area contributed by atoms with Crippen LogP contribution in [0.25, 0.3) is 11.1 Å². The van der Waals surface area contributed by atoms with Crippen molar-refractivity contribution in [3.05, 3.63) is 52.7 Å². The number of aromatic nitrogens is 2. The lowest BCUT2D eigenvalue weighted by molar-refractivity contribution is 1.12. The van der Waals surface area contributed by atoms with Gasteiger partial charge in [0, 0.05) is 6.20 Å². The molecule has 15 heavy (non-hydrogen) atoms. The number of nitrogens with zero attached hydrogens (tertiary/aromatic N) is 2. The zero-order valence-electron chi connectivity index (χ0n) is 7.77. The van der Waals surface area contributed by atoms with Crippen LogP contribution in [0.2, 0.25) is 0 Å². The van der Waals surface area contributed by atoms with Crippen molar-refractivity contribution in [1.82, 2.24) is 9.97 Å². The van der Waals surface area contributed by atoms with Gasteiger partial charge in [-0.3, -0.25) is 4.79 Å². The average Bonchev–Trinajstić information content (AvgIpc) is 2.30. The van der Waals surface area contributed by atoms with Crippen molar-refractivity contribution in [3.8, 4) is 17.2 Å². The van der Waals surface area contributed by atoms with Crippen LogP contribution < -0.4 is 5.56 Å². The molecule has 72 valence electrons. The molecule has 0 unspecified atom stereocenters. The second kappa shape index (κ2) is 3.76. The number of nitriles is 1. The number of nitrogens with one attached hydrogen (secondary N) is 1. The van der Waals surface area contributed by atoms with Crippen LogP contribution in [0.3, 0.4) is 0 Å². The van der Waals surface area contributed by atoms with E-state index in [0.29, 0.717) is 16.7 Å². The third kappa shape index (κ3) is 1.76. The van der Waals surface area contributed by atoms with E-state index in [1.807, 2.05) is 6.07 Å². The molecule has 2 rings (SSSR count). The number of H-pyrrole nitrogens is 1. The molecule has 4 nitrogen and oxygen atoms in total. The zero-order valence-corrected chi connectivity index (χ0v) is 7.77. The van der Waals surface area contributed by atoms with E-state index in [1.54, 1.807) is 24.3 Å². The third-order valence-corrected chi connectivity index (χ3v) is 2.02. The first-order chi connectivity index (χ1) is 7.31. The number of benzene rings is 1. The van der Waals surface area contributed by atoms with Crippen LogP contribution in [0.15, 0.2) is 41.6 Å². The second-order valence-corrected chi connectivity index (χ2v) is 2.99. The maximum Gasteiger partial charge on any atom is 0.258 e. The van der Waals surface area contributed by atoms with Gasteiger partial charge in [0.1, 0.15) is 0 Å². The molecule has 0 bridgehead atoms. The Hall–Kier alpha value is -2.41. The summed E-state index contributed by atoms with van der Waals surface area (Å²) in [6.07, 6.45) is 2.81. The Kier molecular flexibility index (Phi) is 2.30. The minimum Gasteiger partial charge on any atom is -0.313 e. The summed E-state index contributed by atoms with van der Waals surface area (Å²) in [5, 5.41) is 8.73. The largest absolute Gasteiger partial charge is 0.313 e. The molecular weight excluding hydrogens is 190 g/mol. The molecule has 0 saturated carbocycles. The summed E-state index contributed by atoms with van der Waals surface area (Å²) in [6, 6.07) is 8.88. The lowest BCUT2D eigenvalue weighted by atomic mass is 10.1. The van der Waals surface area contributed by atoms with Crippen molar-refractivity contribution < 1.29 is 0 Å². The highest BCUT2D eigenvalue weighted by molar-refractivity contribution is 5.63. The highest BCUT2D eigenvalue weighted by atomic mass is 16.1. The molecule has 0 aliphatic carbocycles. The molecule has 1 aromatic carbocycles. The SMILES string of the molecule is N#Cc1cccc(-c2cnc[nH]c2=O)c1. The van der Waals surface area contributed by atoms with Gasteiger partial charge in [0.15, 0.2) is 0 Å². The van der Waals surface area contributed by atoms with Crippen molar-refractivity contribution >= 4 is 0 Å². The number of hydrogen-bond acceptors (Lipinski definition) is 3. The lowest BCUT2D eigenvalue weighted by Crippen LogP contribution is -2.08. The molecule has 1 aromatic heterocycles. The fourth-order valence-corrected chi connectivity index (χ4v) is 1.31. The van der Waals surface area contributed by atoms with Crippen LogP contribution >= 0.6 is 0 Å². The first kappa shape index (κ1) is 9.16. The van der Waals surface area contributed by atoms with Gasteiger partial charge in [-0.15, -0.1) is 0 Å². The van der Waals surface area contributed by atoms with Crippen molar-refractivity contribution in [1.29, 1.82) is 5.26 Å². The van der Waals surface area contributed by atoms with E-state index in [-0.39, 0.29) is 5.56 Å². The Labute approximate surface area is 85.8 Å². The molecule has 1 heterocycles. The average molecular weight is 197 g/mol. The fourth-order valence-electron chi connectivity index (χ4n) is 1.31. The van der Waals surface area contributed by atoms with E-state index in [4.69, 9.17) is 5.26 Å². The van der Waals surface area contributed by atoms with E-state index in [1.165, 1.54) is 12.5 Å². The molecule has 2 aromatic rings. The van der Waals surface area contributed by atoms with Crippen molar-refractivity contribution in [2.75, 3.05) is 0 Å². The summed E-state index contributed by atoms with van der Waals surface area (Å²) in [6.45, 7) is 0. The predicted octanol–water partition coefficient (Wildman–Crippen LogP) is 1.31. The summed E-state index contributed by atoms with van der Waals surface area (Å²) < 4.78 is 0. The van der Waals surface area contributed by atoms with Gasteiger partial charge in [-0.2, -0.15) is 5.26 Å². The van der Waals surface area contributed by atoms with Gasteiger partial charge in [0.2, 0.25) is 0 Å². The van der Waals surface area contributed by atoms with E-state index in [9.17, 15) is 4.79 Å². The maximum absolute atomic E-state index is 11.4. The Balaban J connectivity index is 2.61. The summed E-state index contributed by atoms with van der Waals surface area (Å²) in [5.74, 6) is 0. The number of aromatic amines is 1. The van der Waals surface area contributed by atoms with Gasteiger partial charge in [0.25, 0.3) is 5.56 Å². The van der Waals surface area contributed by atoms with E-state index < -0.39 is 0 Å². The topological polar surface area (TPSA) is 69.5 Å². The van der Waals surface area contributed by atoms with Crippen LogP contribution in [-0.2, 0) is 0 Å². The van der Waals surface area contributed by atoms with Crippen LogP contribution in [0.1, 0.15) is 5.56 Å². The molecule has 4 heteroatoms. The van der Waals surface area contributed by atoms with Crippen molar-refractivity contribution in [2.45, 2.75) is 0 Å². The Morgan fingerprint density at radius 2 is 2.27 bits per heavy atom. The predicted molar refractivity (Wildman–Crippen MR) is 55.0 cm³/mol. The van der Waals surface area contributed by atoms with Crippen LogP contribution in [0.5, 0.6) is 0 Å². The number of rotatable bonds is 1. The van der Waals surface area contributed by atoms with E-state index >= 15 is 0 Å². The van der Waals surface area contributed by atoms with Crippen molar-refractivity contribution in [2.24, 2.45) is 0 Å². The zero-order chi connectivity index (χ0) is 10.7. The van der Waals surface area contributed by atoms with Crippen molar-refractivity contribution in [3.63, 3.8) is 0 Å². The fraction of sp³-hybridized carbons (Fsp3) is 0. The highest BCUT2D eigenvalue weighted by Crippen LogP contribution is 2.14. The minimum absolute atomic E-state index is 0.208. The smallest absolute Gasteiger partial charge is 0.258 e. The Bertz CT molecular complexity index is 581. The molecule has 1 N–H and O–H groups in total. The minimum atomic E-state index is -0.208. The maximum atomic E-state index is 11.4. The van der Waals surface area contributed by atoms with E-state index in [2.05, 4.69) is 9.97 Å². The molecule has 0 aliphatic heterocycles. The molecule has 0 saturated heterocycles. The molecule has 0 amide bonds. The lowest BCUT2D eigenvalue weighted by Gasteiger charge is -1.98. The molecule has 0 atom stereocenters. The Morgan fingerprint density at radius 1 is 1.40 bits per heavy atom. The summed E-state index contributed by atoms with van der Waals surface area (Å²) in [4.78, 5) is 17.8. The van der Waals surface area contributed by atoms with Gasteiger partial charge < -0.3 is 4.98 Å². The monoisotopic (exact) mass is 197 g/mol. The van der Waals surface area contributed by atoms with Gasteiger partial charge in [-0.1, -0.05) is 12.1 Å². The number of hydrogen-bond donors (Lipinski definition) is 1. The first-order valence-electron chi connectivity index (χ1n) is 4.34. The van der Waals surface area contributed by atoms with Gasteiger partial charge >= 0.3 is 0 Å². The molecule has 0 radical (unpaired) electrons. The molecular formula is C11H7N3O. The van der Waals surface area contributed by atoms with Crippen LogP contribution in [0, 0.1) is 11.3 Å². The molecule has 0 spiro atoms. The van der Waals surface area contributed by atoms with Gasteiger partial charge in [-0.25, -0.2) is 4.98 Å². The normalized spacial score (nSPS) is 9.53. The highest BCUT2D eigenvalue weighted by Gasteiger charge is 2.02. The summed E-state index contributed by atoms with van der Waals surface area (Å²) >= 11 is 0. The van der Waals surface area contributed by atoms with Gasteiger partial charge in [-0.05, 0) is 17.7 Å². The standard InChI is InChI=1S/C11H7N3O/c12-5-8-2-1-3-9(4-8)10-6-13-7-14-11(10)15/h1-4,6-7H,(H,13,14,15). The van der Waals surface area contributed by atoms with Gasteiger partial charge in [0.05, 0.1) is 23.5 Å². The Morgan fingerprint density at radius 3 is 3.00 bits per heavy atom.